The normalized spacial score (nSPS) is 16.8. The monoisotopic (exact) mass is 357 g/mol. The first-order valence-electron chi connectivity index (χ1n) is 8.82. The predicted molar refractivity (Wildman–Crippen MR) is 95.9 cm³/mol. The van der Waals surface area contributed by atoms with Crippen molar-refractivity contribution >= 4 is 10.9 Å². The summed E-state index contributed by atoms with van der Waals surface area (Å²) in [7, 11) is 0. The van der Waals surface area contributed by atoms with Crippen LogP contribution >= 0.6 is 0 Å². The van der Waals surface area contributed by atoms with Gasteiger partial charge in [0.2, 0.25) is 0 Å². The van der Waals surface area contributed by atoms with Crippen LogP contribution in [0.4, 0.5) is 8.78 Å². The van der Waals surface area contributed by atoms with Crippen LogP contribution in [-0.4, -0.2) is 29.9 Å². The third-order valence-corrected chi connectivity index (χ3v) is 5.25. The topological polar surface area (TPSA) is 49.9 Å². The van der Waals surface area contributed by atoms with Gasteiger partial charge in [0.25, 0.3) is 0 Å². The number of hydrogen-bond acceptors (Lipinski definition) is 3. The first kappa shape index (κ1) is 17.1. The van der Waals surface area contributed by atoms with Gasteiger partial charge in [-0.15, -0.1) is 0 Å². The maximum absolute atomic E-state index is 13.8. The molecule has 2 N–H and O–H groups in total. The second-order valence-corrected chi connectivity index (χ2v) is 6.93. The summed E-state index contributed by atoms with van der Waals surface area (Å²) < 4.78 is 33.2. The number of nitrogens with zero attached hydrogens (tertiary/aromatic N) is 1. The molecule has 2 heterocycles. The Morgan fingerprint density at radius 2 is 1.81 bits per heavy atom. The number of fused-ring (bicyclic) bond motifs is 1. The maximum atomic E-state index is 13.8. The van der Waals surface area contributed by atoms with E-state index in [1.165, 1.54) is 24.3 Å². The molecule has 0 aliphatic carbocycles. The van der Waals surface area contributed by atoms with E-state index in [-0.39, 0.29) is 17.0 Å². The summed E-state index contributed by atoms with van der Waals surface area (Å²) in [5.41, 5.74) is 2.49. The highest BCUT2D eigenvalue weighted by Gasteiger charge is 2.34. The summed E-state index contributed by atoms with van der Waals surface area (Å²) >= 11 is 0. The molecule has 26 heavy (non-hydrogen) atoms. The molecule has 6 heteroatoms. The van der Waals surface area contributed by atoms with E-state index in [1.807, 2.05) is 12.1 Å². The van der Waals surface area contributed by atoms with E-state index < -0.39 is 0 Å². The first-order chi connectivity index (χ1) is 12.7. The number of H-pyrrole nitrogens is 1. The van der Waals surface area contributed by atoms with Crippen molar-refractivity contribution < 1.29 is 13.5 Å². The average molecular weight is 357 g/mol. The molecule has 0 atom stereocenters. The second-order valence-electron chi connectivity index (χ2n) is 6.93. The van der Waals surface area contributed by atoms with Crippen LogP contribution in [-0.2, 0) is 16.8 Å². The van der Waals surface area contributed by atoms with Crippen molar-refractivity contribution in [3.63, 3.8) is 0 Å². The SMILES string of the molecule is Fc1ccc(C2(COCc3cc(F)cc4cn[nH]c34)CCNCC2)cc1. The van der Waals surface area contributed by atoms with Gasteiger partial charge in [0, 0.05) is 16.4 Å². The van der Waals surface area contributed by atoms with Gasteiger partial charge < -0.3 is 10.1 Å². The molecule has 1 saturated heterocycles. The lowest BCUT2D eigenvalue weighted by atomic mass is 9.74. The Labute approximate surface area is 150 Å². The van der Waals surface area contributed by atoms with Crippen LogP contribution in [0.15, 0.2) is 42.6 Å². The number of aromatic amines is 1. The van der Waals surface area contributed by atoms with Gasteiger partial charge in [-0.05, 0) is 55.8 Å². The minimum atomic E-state index is -0.299. The van der Waals surface area contributed by atoms with E-state index in [0.717, 1.165) is 48.0 Å². The summed E-state index contributed by atoms with van der Waals surface area (Å²) in [4.78, 5) is 0. The standard InChI is InChI=1S/C20H21F2N3O/c21-17-3-1-16(2-4-17)20(5-7-23-8-6-20)13-26-12-15-10-18(22)9-14-11-24-25-19(14)15/h1-4,9-11,23H,5-8,12-13H2,(H,24,25). The van der Waals surface area contributed by atoms with Gasteiger partial charge >= 0.3 is 0 Å². The van der Waals surface area contributed by atoms with E-state index in [0.29, 0.717) is 13.2 Å². The molecular formula is C20H21F2N3O. The predicted octanol–water partition coefficient (Wildman–Crippen LogP) is 3.68. The third kappa shape index (κ3) is 3.34. The molecule has 0 radical (unpaired) electrons. The zero-order chi connectivity index (χ0) is 18.0. The molecule has 1 aliphatic heterocycles. The van der Waals surface area contributed by atoms with Crippen LogP contribution in [0, 0.1) is 11.6 Å². The largest absolute Gasteiger partial charge is 0.376 e. The summed E-state index contributed by atoms with van der Waals surface area (Å²) in [5.74, 6) is -0.534. The molecule has 3 aromatic rings. The van der Waals surface area contributed by atoms with Crippen LogP contribution in [0.1, 0.15) is 24.0 Å². The van der Waals surface area contributed by atoms with Crippen molar-refractivity contribution in [1.82, 2.24) is 15.5 Å². The summed E-state index contributed by atoms with van der Waals surface area (Å²) in [6.07, 6.45) is 3.44. The molecule has 1 fully saturated rings. The lowest BCUT2D eigenvalue weighted by molar-refractivity contribution is 0.0569. The molecule has 4 rings (SSSR count). The molecule has 2 aromatic carbocycles. The minimum Gasteiger partial charge on any atom is -0.376 e. The Kier molecular flexibility index (Phi) is 4.70. The van der Waals surface area contributed by atoms with E-state index in [1.54, 1.807) is 6.20 Å². The lowest BCUT2D eigenvalue weighted by Gasteiger charge is -2.38. The number of halogens is 2. The molecule has 0 amide bonds. The fourth-order valence-electron chi connectivity index (χ4n) is 3.79. The smallest absolute Gasteiger partial charge is 0.124 e. The Hall–Kier alpha value is -2.31. The molecular weight excluding hydrogens is 336 g/mol. The van der Waals surface area contributed by atoms with Crippen LogP contribution < -0.4 is 5.32 Å². The third-order valence-electron chi connectivity index (χ3n) is 5.25. The van der Waals surface area contributed by atoms with Crippen molar-refractivity contribution in [3.8, 4) is 0 Å². The van der Waals surface area contributed by atoms with Gasteiger partial charge in [0.15, 0.2) is 0 Å². The van der Waals surface area contributed by atoms with Crippen molar-refractivity contribution in [1.29, 1.82) is 0 Å². The maximum Gasteiger partial charge on any atom is 0.124 e. The van der Waals surface area contributed by atoms with E-state index >= 15 is 0 Å². The fourth-order valence-corrected chi connectivity index (χ4v) is 3.79. The van der Waals surface area contributed by atoms with Crippen molar-refractivity contribution in [3.05, 3.63) is 65.4 Å². The van der Waals surface area contributed by atoms with Crippen molar-refractivity contribution in [2.75, 3.05) is 19.7 Å². The first-order valence-corrected chi connectivity index (χ1v) is 8.82. The molecule has 1 aromatic heterocycles. The van der Waals surface area contributed by atoms with Crippen LogP contribution in [0.5, 0.6) is 0 Å². The van der Waals surface area contributed by atoms with Crippen LogP contribution in [0.2, 0.25) is 0 Å². The zero-order valence-corrected chi connectivity index (χ0v) is 14.4. The van der Waals surface area contributed by atoms with Gasteiger partial charge in [-0.3, -0.25) is 5.10 Å². The molecule has 4 nitrogen and oxygen atoms in total. The fraction of sp³-hybridized carbons (Fsp3) is 0.350. The molecule has 136 valence electrons. The van der Waals surface area contributed by atoms with E-state index in [4.69, 9.17) is 4.74 Å². The van der Waals surface area contributed by atoms with Gasteiger partial charge in [0.1, 0.15) is 11.6 Å². The van der Waals surface area contributed by atoms with Gasteiger partial charge in [0.05, 0.1) is 24.9 Å². The van der Waals surface area contributed by atoms with Crippen molar-refractivity contribution in [2.45, 2.75) is 24.9 Å². The summed E-state index contributed by atoms with van der Waals surface area (Å²) in [6.45, 7) is 2.59. The van der Waals surface area contributed by atoms with Crippen molar-refractivity contribution in [2.24, 2.45) is 0 Å². The molecule has 0 bridgehead atoms. The van der Waals surface area contributed by atoms with Gasteiger partial charge in [-0.2, -0.15) is 5.10 Å². The number of aromatic nitrogens is 2. The zero-order valence-electron chi connectivity index (χ0n) is 14.4. The van der Waals surface area contributed by atoms with E-state index in [9.17, 15) is 8.78 Å². The number of rotatable bonds is 5. The average Bonchev–Trinajstić information content (AvgIpc) is 3.11. The highest BCUT2D eigenvalue weighted by Crippen LogP contribution is 2.34. The summed E-state index contributed by atoms with van der Waals surface area (Å²) in [5, 5.41) is 11.0. The number of hydrogen-bond donors (Lipinski definition) is 2. The Morgan fingerprint density at radius 1 is 1.04 bits per heavy atom. The number of ether oxygens (including phenoxy) is 1. The second kappa shape index (κ2) is 7.13. The lowest BCUT2D eigenvalue weighted by Crippen LogP contribution is -2.43. The Morgan fingerprint density at radius 3 is 2.58 bits per heavy atom. The number of piperidine rings is 1. The number of nitrogens with one attached hydrogen (secondary N) is 2. The molecule has 0 saturated carbocycles. The number of benzene rings is 2. The van der Waals surface area contributed by atoms with Crippen LogP contribution in [0.3, 0.4) is 0 Å². The minimum absolute atomic E-state index is 0.153. The molecule has 1 aliphatic rings. The molecule has 0 unspecified atom stereocenters. The quantitative estimate of drug-likeness (QED) is 0.732. The molecule has 0 spiro atoms. The van der Waals surface area contributed by atoms with Gasteiger partial charge in [-0.25, -0.2) is 8.78 Å². The summed E-state index contributed by atoms with van der Waals surface area (Å²) in [6, 6.07) is 9.63. The highest BCUT2D eigenvalue weighted by molar-refractivity contribution is 5.81. The van der Waals surface area contributed by atoms with Gasteiger partial charge in [-0.1, -0.05) is 12.1 Å². The Bertz CT molecular complexity index is 886. The van der Waals surface area contributed by atoms with Crippen LogP contribution in [0.25, 0.3) is 10.9 Å². The van der Waals surface area contributed by atoms with E-state index in [2.05, 4.69) is 15.5 Å². The highest BCUT2D eigenvalue weighted by atomic mass is 19.1. The Balaban J connectivity index is 1.53.